The van der Waals surface area contributed by atoms with Crippen LogP contribution in [0.4, 0.5) is 13.2 Å². The van der Waals surface area contributed by atoms with Gasteiger partial charge in [0.1, 0.15) is 0 Å². The molecule has 0 aliphatic rings. The smallest absolute Gasteiger partial charge is 0.486 e. The summed E-state index contributed by atoms with van der Waals surface area (Å²) in [6, 6.07) is 2.92. The van der Waals surface area contributed by atoms with Gasteiger partial charge in [0.2, 0.25) is 5.78 Å². The Morgan fingerprint density at radius 2 is 1.81 bits per heavy atom. The van der Waals surface area contributed by atoms with Crippen molar-refractivity contribution in [3.8, 4) is 0 Å². The molecule has 1 aromatic heterocycles. The molecule has 0 N–H and O–H groups in total. The molecule has 0 aliphatic carbocycles. The molecule has 0 radical (unpaired) electrons. The largest absolute Gasteiger partial charge is 0.618 e. The van der Waals surface area contributed by atoms with E-state index in [9.17, 15) is 33.2 Å². The van der Waals surface area contributed by atoms with Crippen molar-refractivity contribution in [3.63, 3.8) is 0 Å². The van der Waals surface area contributed by atoms with Gasteiger partial charge in [0.25, 0.3) is 11.0 Å². The molecule has 0 aliphatic heterocycles. The molecule has 0 saturated heterocycles. The van der Waals surface area contributed by atoms with E-state index in [4.69, 9.17) is 4.74 Å². The maximum absolute atomic E-state index is 13.2. The quantitative estimate of drug-likeness (QED) is 0.264. The third-order valence-electron chi connectivity index (χ3n) is 3.61. The Balaban J connectivity index is 2.68. The summed E-state index contributed by atoms with van der Waals surface area (Å²) in [6.45, 7) is 2.77. The fourth-order valence-electron chi connectivity index (χ4n) is 2.37. The SMILES string of the molecule is CCCCOC(=O)c1ccc2c(c1)[n+]([O-])c(C(C)=O)c(C(F)(F)F)[n+]2[O-]. The lowest BCUT2D eigenvalue weighted by Gasteiger charge is -2.13. The van der Waals surface area contributed by atoms with E-state index in [1.807, 2.05) is 6.92 Å². The molecule has 0 saturated carbocycles. The maximum Gasteiger partial charge on any atom is 0.486 e. The van der Waals surface area contributed by atoms with Crippen molar-refractivity contribution in [3.05, 3.63) is 45.6 Å². The number of Topliss-reactive ketones (excluding diaryl/α,β-unsaturated/α-hetero) is 1. The number of hydrogen-bond donors (Lipinski definition) is 0. The standard InChI is InChI=1S/C16H15F3N2O5/c1-3-4-7-26-15(23)10-5-6-11-12(8-10)20(24)13(9(2)22)14(21(11)25)16(17,18)19/h5-6,8H,3-4,7H2,1-2H3. The number of carbonyl (C=O) groups excluding carboxylic acids is 2. The normalized spacial score (nSPS) is 11.6. The molecule has 7 nitrogen and oxygen atoms in total. The van der Waals surface area contributed by atoms with Crippen LogP contribution in [0.25, 0.3) is 11.0 Å². The first-order chi connectivity index (χ1) is 12.1. The van der Waals surface area contributed by atoms with Gasteiger partial charge in [-0.05, 0) is 12.5 Å². The molecule has 0 bridgehead atoms. The van der Waals surface area contributed by atoms with E-state index in [0.717, 1.165) is 31.5 Å². The molecule has 0 atom stereocenters. The minimum atomic E-state index is -5.21. The molecule has 140 valence electrons. The molecule has 2 aromatic rings. The topological polar surface area (TPSA) is 97.2 Å². The zero-order valence-corrected chi connectivity index (χ0v) is 13.9. The first-order valence-corrected chi connectivity index (χ1v) is 7.67. The number of rotatable bonds is 5. The van der Waals surface area contributed by atoms with Gasteiger partial charge in [-0.25, -0.2) is 4.79 Å². The Morgan fingerprint density at radius 3 is 2.35 bits per heavy atom. The van der Waals surface area contributed by atoms with Gasteiger partial charge < -0.3 is 15.2 Å². The van der Waals surface area contributed by atoms with E-state index in [0.29, 0.717) is 6.42 Å². The highest BCUT2D eigenvalue weighted by molar-refractivity contribution is 5.94. The van der Waals surface area contributed by atoms with Gasteiger partial charge in [-0.2, -0.15) is 17.9 Å². The second kappa shape index (κ2) is 7.14. The number of carbonyl (C=O) groups is 2. The molecular formula is C16H15F3N2O5. The van der Waals surface area contributed by atoms with Gasteiger partial charge in [-0.1, -0.05) is 13.3 Å². The summed E-state index contributed by atoms with van der Waals surface area (Å²) in [5.41, 5.74) is -4.51. The van der Waals surface area contributed by atoms with Crippen molar-refractivity contribution in [2.75, 3.05) is 6.61 Å². The molecule has 26 heavy (non-hydrogen) atoms. The molecule has 2 rings (SSSR count). The fraction of sp³-hybridized carbons (Fsp3) is 0.375. The molecule has 0 spiro atoms. The van der Waals surface area contributed by atoms with Crippen molar-refractivity contribution in [2.24, 2.45) is 0 Å². The Bertz CT molecular complexity index is 881. The van der Waals surface area contributed by atoms with Crippen LogP contribution in [0.1, 0.15) is 53.2 Å². The van der Waals surface area contributed by atoms with E-state index >= 15 is 0 Å². The monoisotopic (exact) mass is 372 g/mol. The number of ether oxygens (including phenoxy) is 1. The Morgan fingerprint density at radius 1 is 1.15 bits per heavy atom. The molecule has 0 amide bonds. The van der Waals surface area contributed by atoms with Crippen LogP contribution in [-0.2, 0) is 10.9 Å². The predicted molar refractivity (Wildman–Crippen MR) is 82.1 cm³/mol. The number of esters is 1. The lowest BCUT2D eigenvalue weighted by molar-refractivity contribution is -0.647. The van der Waals surface area contributed by atoms with Crippen LogP contribution < -0.4 is 9.46 Å². The second-order valence-corrected chi connectivity index (χ2v) is 5.53. The number of alkyl halides is 3. The van der Waals surface area contributed by atoms with E-state index in [-0.39, 0.29) is 16.9 Å². The molecule has 0 fully saturated rings. The minimum Gasteiger partial charge on any atom is -0.618 e. The number of nitrogens with zero attached hydrogens (tertiary/aromatic N) is 2. The van der Waals surface area contributed by atoms with Crippen LogP contribution in [0.15, 0.2) is 18.2 Å². The highest BCUT2D eigenvalue weighted by atomic mass is 19.4. The van der Waals surface area contributed by atoms with Gasteiger partial charge in [0.05, 0.1) is 12.2 Å². The van der Waals surface area contributed by atoms with Gasteiger partial charge in [0.15, 0.2) is 0 Å². The van der Waals surface area contributed by atoms with Gasteiger partial charge in [-0.15, -0.1) is 4.73 Å². The highest BCUT2D eigenvalue weighted by Crippen LogP contribution is 2.29. The summed E-state index contributed by atoms with van der Waals surface area (Å²) < 4.78 is 43.6. The van der Waals surface area contributed by atoms with Crippen LogP contribution >= 0.6 is 0 Å². The maximum atomic E-state index is 13.2. The molecular weight excluding hydrogens is 357 g/mol. The lowest BCUT2D eigenvalue weighted by Crippen LogP contribution is -2.49. The number of unbranched alkanes of at least 4 members (excludes halogenated alkanes) is 1. The first-order valence-electron chi connectivity index (χ1n) is 7.67. The first kappa shape index (κ1) is 19.4. The number of fused-ring (bicyclic) bond motifs is 1. The summed E-state index contributed by atoms with van der Waals surface area (Å²) in [4.78, 5) is 23.5. The van der Waals surface area contributed by atoms with Crippen molar-refractivity contribution in [2.45, 2.75) is 32.9 Å². The van der Waals surface area contributed by atoms with Crippen molar-refractivity contribution in [1.82, 2.24) is 0 Å². The summed E-state index contributed by atoms with van der Waals surface area (Å²) in [5, 5.41) is 24.4. The average molecular weight is 372 g/mol. The number of benzene rings is 1. The lowest BCUT2D eigenvalue weighted by atomic mass is 10.1. The number of hydrogen-bond acceptors (Lipinski definition) is 5. The van der Waals surface area contributed by atoms with Crippen molar-refractivity contribution in [1.29, 1.82) is 0 Å². The Labute approximate surface area is 145 Å². The number of halogens is 3. The molecule has 1 aromatic carbocycles. The van der Waals surface area contributed by atoms with Crippen LogP contribution in [0.5, 0.6) is 0 Å². The Kier molecular flexibility index (Phi) is 5.33. The second-order valence-electron chi connectivity index (χ2n) is 5.53. The zero-order valence-electron chi connectivity index (χ0n) is 13.9. The number of aromatic nitrogens is 2. The Hall–Kier alpha value is -2.91. The number of ketones is 1. The molecule has 0 unspecified atom stereocenters. The third kappa shape index (κ3) is 3.53. The summed E-state index contributed by atoms with van der Waals surface area (Å²) >= 11 is 0. The highest BCUT2D eigenvalue weighted by Gasteiger charge is 2.50. The van der Waals surface area contributed by atoms with Crippen molar-refractivity contribution >= 4 is 22.8 Å². The molecule has 1 heterocycles. The van der Waals surface area contributed by atoms with Crippen LogP contribution in [0.3, 0.4) is 0 Å². The van der Waals surface area contributed by atoms with E-state index in [1.54, 1.807) is 0 Å². The van der Waals surface area contributed by atoms with Crippen LogP contribution in [0, 0.1) is 10.4 Å². The predicted octanol–water partition coefficient (Wildman–Crippen LogP) is 2.28. The summed E-state index contributed by atoms with van der Waals surface area (Å²) in [6.07, 6.45) is -3.81. The van der Waals surface area contributed by atoms with Gasteiger partial charge >= 0.3 is 23.5 Å². The van der Waals surface area contributed by atoms with E-state index < -0.39 is 45.1 Å². The van der Waals surface area contributed by atoms with Crippen molar-refractivity contribution < 1.29 is 37.0 Å². The third-order valence-corrected chi connectivity index (χ3v) is 3.61. The zero-order chi connectivity index (χ0) is 19.6. The van der Waals surface area contributed by atoms with E-state index in [1.165, 1.54) is 0 Å². The summed E-state index contributed by atoms with van der Waals surface area (Å²) in [7, 11) is 0. The van der Waals surface area contributed by atoms with Crippen LogP contribution in [0.2, 0.25) is 0 Å². The summed E-state index contributed by atoms with van der Waals surface area (Å²) in [5.74, 6) is -2.02. The van der Waals surface area contributed by atoms with Crippen LogP contribution in [-0.4, -0.2) is 18.4 Å². The van der Waals surface area contributed by atoms with E-state index in [2.05, 4.69) is 0 Å². The fourth-order valence-corrected chi connectivity index (χ4v) is 2.37. The van der Waals surface area contributed by atoms with Gasteiger partial charge in [-0.3, -0.25) is 4.79 Å². The average Bonchev–Trinajstić information content (AvgIpc) is 2.56. The minimum absolute atomic E-state index is 0.118. The van der Waals surface area contributed by atoms with Gasteiger partial charge in [0, 0.05) is 19.1 Å². The molecule has 10 heteroatoms.